The number of carbonyl (C=O) groups is 1. The third-order valence-corrected chi connectivity index (χ3v) is 3.45. The van der Waals surface area contributed by atoms with Crippen molar-refractivity contribution in [1.29, 1.82) is 0 Å². The van der Waals surface area contributed by atoms with Crippen LogP contribution in [0.2, 0.25) is 0 Å². The third kappa shape index (κ3) is 5.62. The van der Waals surface area contributed by atoms with Crippen LogP contribution in [0.15, 0.2) is 24.3 Å². The van der Waals surface area contributed by atoms with Gasteiger partial charge in [-0.25, -0.2) is 0 Å². The monoisotopic (exact) mass is 284 g/mol. The van der Waals surface area contributed by atoms with Gasteiger partial charge in [0.05, 0.1) is 0 Å². The van der Waals surface area contributed by atoms with Crippen LogP contribution in [0, 0.1) is 0 Å². The second-order valence-electron chi connectivity index (χ2n) is 4.76. The Kier molecular flexibility index (Phi) is 8.44. The Morgan fingerprint density at radius 3 is 2.26 bits per heavy atom. The summed E-state index contributed by atoms with van der Waals surface area (Å²) in [6, 6.07) is 8.59. The van der Waals surface area contributed by atoms with E-state index >= 15 is 0 Å². The average molecular weight is 285 g/mol. The quantitative estimate of drug-likeness (QED) is 0.872. The molecule has 0 aliphatic carbocycles. The van der Waals surface area contributed by atoms with Gasteiger partial charge in [0, 0.05) is 26.1 Å². The predicted octanol–water partition coefficient (Wildman–Crippen LogP) is 2.41. The lowest BCUT2D eigenvalue weighted by Gasteiger charge is -2.23. The fourth-order valence-corrected chi connectivity index (χ4v) is 1.77. The molecule has 4 heteroatoms. The molecule has 1 atom stereocenters. The SMILES string of the molecule is CCc1ccc(CCC(=O)N(C)C(C)CN)cc1.Cl. The molecule has 0 aliphatic heterocycles. The predicted molar refractivity (Wildman–Crippen MR) is 82.7 cm³/mol. The molecular formula is C15H25ClN2O. The molecule has 0 saturated carbocycles. The van der Waals surface area contributed by atoms with Crippen molar-refractivity contribution in [1.82, 2.24) is 4.90 Å². The first kappa shape index (κ1) is 17.9. The summed E-state index contributed by atoms with van der Waals surface area (Å²) in [6.07, 6.45) is 2.40. The molecule has 0 aromatic heterocycles. The number of aryl methyl sites for hydroxylation is 2. The summed E-state index contributed by atoms with van der Waals surface area (Å²) in [5, 5.41) is 0. The van der Waals surface area contributed by atoms with Crippen molar-refractivity contribution < 1.29 is 4.79 Å². The minimum Gasteiger partial charge on any atom is -0.342 e. The molecule has 0 radical (unpaired) electrons. The van der Waals surface area contributed by atoms with Gasteiger partial charge in [-0.05, 0) is 30.9 Å². The van der Waals surface area contributed by atoms with Crippen LogP contribution in [0.5, 0.6) is 0 Å². The van der Waals surface area contributed by atoms with Gasteiger partial charge in [-0.1, -0.05) is 31.2 Å². The summed E-state index contributed by atoms with van der Waals surface area (Å²) in [4.78, 5) is 13.6. The number of hydrogen-bond acceptors (Lipinski definition) is 2. The molecule has 19 heavy (non-hydrogen) atoms. The molecule has 0 fully saturated rings. The molecule has 1 aromatic carbocycles. The van der Waals surface area contributed by atoms with Gasteiger partial charge < -0.3 is 10.6 Å². The van der Waals surface area contributed by atoms with Crippen molar-refractivity contribution in [3.05, 3.63) is 35.4 Å². The normalized spacial score (nSPS) is 11.6. The molecule has 1 amide bonds. The van der Waals surface area contributed by atoms with Crippen LogP contribution in [0.1, 0.15) is 31.4 Å². The number of nitrogens with zero attached hydrogens (tertiary/aromatic N) is 1. The van der Waals surface area contributed by atoms with E-state index in [2.05, 4.69) is 31.2 Å². The van der Waals surface area contributed by atoms with Crippen molar-refractivity contribution in [3.63, 3.8) is 0 Å². The molecule has 0 aliphatic rings. The third-order valence-electron chi connectivity index (χ3n) is 3.45. The summed E-state index contributed by atoms with van der Waals surface area (Å²) >= 11 is 0. The van der Waals surface area contributed by atoms with Crippen molar-refractivity contribution >= 4 is 18.3 Å². The highest BCUT2D eigenvalue weighted by atomic mass is 35.5. The molecule has 0 heterocycles. The van der Waals surface area contributed by atoms with Crippen LogP contribution >= 0.6 is 12.4 Å². The Hall–Kier alpha value is -1.06. The van der Waals surface area contributed by atoms with Crippen LogP contribution in [-0.4, -0.2) is 30.4 Å². The van der Waals surface area contributed by atoms with E-state index in [1.54, 1.807) is 4.90 Å². The number of rotatable bonds is 6. The Morgan fingerprint density at radius 2 is 1.79 bits per heavy atom. The zero-order valence-corrected chi connectivity index (χ0v) is 12.9. The average Bonchev–Trinajstić information content (AvgIpc) is 2.43. The van der Waals surface area contributed by atoms with Crippen molar-refractivity contribution in [2.24, 2.45) is 5.73 Å². The van der Waals surface area contributed by atoms with Crippen LogP contribution < -0.4 is 5.73 Å². The number of likely N-dealkylation sites (N-methyl/N-ethyl adjacent to an activating group) is 1. The number of halogens is 1. The van der Waals surface area contributed by atoms with E-state index in [1.165, 1.54) is 11.1 Å². The van der Waals surface area contributed by atoms with Gasteiger partial charge in [0.25, 0.3) is 0 Å². The molecule has 108 valence electrons. The van der Waals surface area contributed by atoms with Gasteiger partial charge in [0.2, 0.25) is 5.91 Å². The van der Waals surface area contributed by atoms with Crippen molar-refractivity contribution in [2.75, 3.05) is 13.6 Å². The highest BCUT2D eigenvalue weighted by Gasteiger charge is 2.13. The molecule has 2 N–H and O–H groups in total. The first-order valence-electron chi connectivity index (χ1n) is 6.62. The van der Waals surface area contributed by atoms with Gasteiger partial charge >= 0.3 is 0 Å². The highest BCUT2D eigenvalue weighted by molar-refractivity contribution is 5.85. The summed E-state index contributed by atoms with van der Waals surface area (Å²) < 4.78 is 0. The Balaban J connectivity index is 0.00000324. The smallest absolute Gasteiger partial charge is 0.222 e. The summed E-state index contributed by atoms with van der Waals surface area (Å²) in [5.41, 5.74) is 8.11. The van der Waals surface area contributed by atoms with E-state index < -0.39 is 0 Å². The lowest BCUT2D eigenvalue weighted by Crippen LogP contribution is -2.39. The van der Waals surface area contributed by atoms with E-state index in [-0.39, 0.29) is 24.4 Å². The van der Waals surface area contributed by atoms with Gasteiger partial charge in [-0.15, -0.1) is 12.4 Å². The standard InChI is InChI=1S/C15H24N2O.ClH/c1-4-13-5-7-14(8-6-13)9-10-15(18)17(3)12(2)11-16;/h5-8,12H,4,9-11,16H2,1-3H3;1H. The zero-order chi connectivity index (χ0) is 13.5. The fraction of sp³-hybridized carbons (Fsp3) is 0.533. The molecule has 0 saturated heterocycles. The second kappa shape index (κ2) is 8.94. The maximum absolute atomic E-state index is 11.9. The summed E-state index contributed by atoms with van der Waals surface area (Å²) in [7, 11) is 1.82. The largest absolute Gasteiger partial charge is 0.342 e. The first-order valence-corrected chi connectivity index (χ1v) is 6.62. The van der Waals surface area contributed by atoms with Gasteiger partial charge in [0.1, 0.15) is 0 Å². The topological polar surface area (TPSA) is 46.3 Å². The number of hydrogen-bond donors (Lipinski definition) is 1. The molecule has 1 rings (SSSR count). The van der Waals surface area contributed by atoms with Crippen LogP contribution in [-0.2, 0) is 17.6 Å². The molecule has 0 bridgehead atoms. The fourth-order valence-electron chi connectivity index (χ4n) is 1.77. The Bertz CT molecular complexity index is 378. The minimum absolute atomic E-state index is 0. The maximum Gasteiger partial charge on any atom is 0.222 e. The van der Waals surface area contributed by atoms with Crippen LogP contribution in [0.3, 0.4) is 0 Å². The van der Waals surface area contributed by atoms with Crippen LogP contribution in [0.25, 0.3) is 0 Å². The number of nitrogens with two attached hydrogens (primary N) is 1. The van der Waals surface area contributed by atoms with E-state index in [9.17, 15) is 4.79 Å². The van der Waals surface area contributed by atoms with Gasteiger partial charge in [-0.3, -0.25) is 4.79 Å². The molecule has 1 unspecified atom stereocenters. The number of benzene rings is 1. The maximum atomic E-state index is 11.9. The summed E-state index contributed by atoms with van der Waals surface area (Å²) in [5.74, 6) is 0.160. The Labute approximate surface area is 122 Å². The minimum atomic E-state index is 0. The highest BCUT2D eigenvalue weighted by Crippen LogP contribution is 2.08. The Morgan fingerprint density at radius 1 is 1.26 bits per heavy atom. The molecule has 3 nitrogen and oxygen atoms in total. The molecule has 0 spiro atoms. The van der Waals surface area contributed by atoms with E-state index in [0.717, 1.165) is 12.8 Å². The number of amides is 1. The van der Waals surface area contributed by atoms with Gasteiger partial charge in [-0.2, -0.15) is 0 Å². The summed E-state index contributed by atoms with van der Waals surface area (Å²) in [6.45, 7) is 4.61. The van der Waals surface area contributed by atoms with E-state index in [4.69, 9.17) is 5.73 Å². The lowest BCUT2D eigenvalue weighted by molar-refractivity contribution is -0.131. The lowest BCUT2D eigenvalue weighted by atomic mass is 10.1. The van der Waals surface area contributed by atoms with Crippen LogP contribution in [0.4, 0.5) is 0 Å². The molecule has 1 aromatic rings. The number of carbonyl (C=O) groups excluding carboxylic acids is 1. The van der Waals surface area contributed by atoms with Gasteiger partial charge in [0.15, 0.2) is 0 Å². The first-order chi connectivity index (χ1) is 8.58. The zero-order valence-electron chi connectivity index (χ0n) is 12.1. The van der Waals surface area contributed by atoms with E-state index in [1.807, 2.05) is 14.0 Å². The van der Waals surface area contributed by atoms with E-state index in [0.29, 0.717) is 13.0 Å². The van der Waals surface area contributed by atoms with Crippen molar-refractivity contribution in [3.8, 4) is 0 Å². The second-order valence-corrected chi connectivity index (χ2v) is 4.76. The molecular weight excluding hydrogens is 260 g/mol. The van der Waals surface area contributed by atoms with Crippen molar-refractivity contribution in [2.45, 2.75) is 39.2 Å².